The van der Waals surface area contributed by atoms with E-state index >= 15 is 0 Å². The van der Waals surface area contributed by atoms with Gasteiger partial charge in [-0.05, 0) is 32.1 Å². The standard InChI is InChI=1S/C12H12O3/c1-8-5-9(2)7-10(6-8)11(13)3-4-12(14)15/h3-7H,1-2H3,(H,14,15). The van der Waals surface area contributed by atoms with Gasteiger partial charge in [0.25, 0.3) is 0 Å². The lowest BCUT2D eigenvalue weighted by atomic mass is 10.0. The van der Waals surface area contributed by atoms with E-state index in [0.717, 1.165) is 23.3 Å². The molecule has 3 heteroatoms. The second-order valence-electron chi connectivity index (χ2n) is 3.41. The quantitative estimate of drug-likeness (QED) is 0.606. The molecule has 0 aromatic heterocycles. The maximum absolute atomic E-state index is 11.5. The number of hydrogen-bond donors (Lipinski definition) is 1. The molecule has 0 aliphatic carbocycles. The molecule has 1 rings (SSSR count). The van der Waals surface area contributed by atoms with Gasteiger partial charge in [-0.25, -0.2) is 4.79 Å². The molecule has 0 fully saturated rings. The molecule has 0 bridgehead atoms. The Morgan fingerprint density at radius 2 is 1.60 bits per heavy atom. The molecular formula is C12H12O3. The van der Waals surface area contributed by atoms with Crippen molar-refractivity contribution in [2.24, 2.45) is 0 Å². The zero-order valence-corrected chi connectivity index (χ0v) is 8.65. The van der Waals surface area contributed by atoms with Crippen LogP contribution >= 0.6 is 0 Å². The van der Waals surface area contributed by atoms with Crippen LogP contribution in [0.1, 0.15) is 21.5 Å². The predicted octanol–water partition coefficient (Wildman–Crippen LogP) is 2.13. The Balaban J connectivity index is 2.96. The molecule has 0 aliphatic rings. The number of carbonyl (C=O) groups is 2. The first-order chi connectivity index (χ1) is 6.99. The Kier molecular flexibility index (Phi) is 3.39. The number of carboxylic acid groups (broad SMARTS) is 1. The highest BCUT2D eigenvalue weighted by Gasteiger charge is 2.03. The summed E-state index contributed by atoms with van der Waals surface area (Å²) in [6, 6.07) is 5.43. The van der Waals surface area contributed by atoms with E-state index in [1.165, 1.54) is 0 Å². The van der Waals surface area contributed by atoms with Crippen LogP contribution in [0.4, 0.5) is 0 Å². The van der Waals surface area contributed by atoms with Crippen molar-refractivity contribution in [3.63, 3.8) is 0 Å². The van der Waals surface area contributed by atoms with Gasteiger partial charge in [-0.3, -0.25) is 4.79 Å². The van der Waals surface area contributed by atoms with Crippen LogP contribution in [-0.2, 0) is 4.79 Å². The summed E-state index contributed by atoms with van der Waals surface area (Å²) in [6.07, 6.45) is 1.91. The van der Waals surface area contributed by atoms with E-state index in [1.807, 2.05) is 19.9 Å². The SMILES string of the molecule is Cc1cc(C)cc(C(=O)C=CC(=O)O)c1. The van der Waals surface area contributed by atoms with Gasteiger partial charge in [0.05, 0.1) is 0 Å². The Morgan fingerprint density at radius 3 is 2.07 bits per heavy atom. The number of hydrogen-bond acceptors (Lipinski definition) is 2. The van der Waals surface area contributed by atoms with Crippen molar-refractivity contribution < 1.29 is 14.7 Å². The molecule has 1 N–H and O–H groups in total. The summed E-state index contributed by atoms with van der Waals surface area (Å²) in [4.78, 5) is 21.7. The highest BCUT2D eigenvalue weighted by Crippen LogP contribution is 2.09. The van der Waals surface area contributed by atoms with Gasteiger partial charge in [-0.15, -0.1) is 0 Å². The number of aliphatic carboxylic acids is 1. The molecule has 78 valence electrons. The highest BCUT2D eigenvalue weighted by molar-refractivity contribution is 6.07. The van der Waals surface area contributed by atoms with Gasteiger partial charge in [0, 0.05) is 11.6 Å². The van der Waals surface area contributed by atoms with Crippen molar-refractivity contribution in [2.75, 3.05) is 0 Å². The zero-order valence-electron chi connectivity index (χ0n) is 8.65. The lowest BCUT2D eigenvalue weighted by Crippen LogP contribution is -1.97. The third-order valence-corrected chi connectivity index (χ3v) is 1.88. The minimum Gasteiger partial charge on any atom is -0.478 e. The highest BCUT2D eigenvalue weighted by atomic mass is 16.4. The maximum Gasteiger partial charge on any atom is 0.328 e. The first-order valence-electron chi connectivity index (χ1n) is 4.52. The number of ketones is 1. The first-order valence-corrected chi connectivity index (χ1v) is 4.52. The molecular weight excluding hydrogens is 192 g/mol. The number of rotatable bonds is 3. The summed E-state index contributed by atoms with van der Waals surface area (Å²) in [5, 5.41) is 8.38. The number of aryl methyl sites for hydroxylation is 2. The number of carboxylic acids is 1. The topological polar surface area (TPSA) is 54.4 Å². The van der Waals surface area contributed by atoms with Crippen molar-refractivity contribution in [3.8, 4) is 0 Å². The number of benzene rings is 1. The van der Waals surface area contributed by atoms with Crippen molar-refractivity contribution in [2.45, 2.75) is 13.8 Å². The molecule has 0 radical (unpaired) electrons. The summed E-state index contributed by atoms with van der Waals surface area (Å²) >= 11 is 0. The fraction of sp³-hybridized carbons (Fsp3) is 0.167. The molecule has 3 nitrogen and oxygen atoms in total. The average molecular weight is 204 g/mol. The van der Waals surface area contributed by atoms with E-state index in [9.17, 15) is 9.59 Å². The second-order valence-corrected chi connectivity index (χ2v) is 3.41. The van der Waals surface area contributed by atoms with Crippen LogP contribution in [0, 0.1) is 13.8 Å². The molecule has 0 heterocycles. The van der Waals surface area contributed by atoms with E-state index in [-0.39, 0.29) is 5.78 Å². The summed E-state index contributed by atoms with van der Waals surface area (Å²) in [6.45, 7) is 3.79. The third-order valence-electron chi connectivity index (χ3n) is 1.88. The smallest absolute Gasteiger partial charge is 0.328 e. The normalized spacial score (nSPS) is 10.5. The van der Waals surface area contributed by atoms with Crippen molar-refractivity contribution in [3.05, 3.63) is 47.0 Å². The largest absolute Gasteiger partial charge is 0.478 e. The van der Waals surface area contributed by atoms with Crippen molar-refractivity contribution in [1.29, 1.82) is 0 Å². The predicted molar refractivity (Wildman–Crippen MR) is 57.0 cm³/mol. The molecule has 15 heavy (non-hydrogen) atoms. The zero-order chi connectivity index (χ0) is 11.4. The number of carbonyl (C=O) groups excluding carboxylic acids is 1. The van der Waals surface area contributed by atoms with Gasteiger partial charge in [0.15, 0.2) is 5.78 Å². The van der Waals surface area contributed by atoms with Gasteiger partial charge >= 0.3 is 5.97 Å². The minimum atomic E-state index is -1.12. The first kappa shape index (κ1) is 11.2. The molecule has 1 aromatic carbocycles. The molecule has 0 saturated carbocycles. The fourth-order valence-corrected chi connectivity index (χ4v) is 1.36. The lowest BCUT2D eigenvalue weighted by molar-refractivity contribution is -0.131. The molecule has 0 spiro atoms. The van der Waals surface area contributed by atoms with E-state index in [1.54, 1.807) is 12.1 Å². The molecule has 0 amide bonds. The summed E-state index contributed by atoms with van der Waals surface area (Å²) in [5.41, 5.74) is 2.49. The molecule has 0 saturated heterocycles. The van der Waals surface area contributed by atoms with Gasteiger partial charge < -0.3 is 5.11 Å². The number of allylic oxidation sites excluding steroid dienone is 1. The van der Waals surface area contributed by atoms with E-state index < -0.39 is 5.97 Å². The van der Waals surface area contributed by atoms with E-state index in [2.05, 4.69) is 0 Å². The maximum atomic E-state index is 11.5. The molecule has 0 unspecified atom stereocenters. The van der Waals surface area contributed by atoms with Gasteiger partial charge in [-0.1, -0.05) is 17.2 Å². The van der Waals surface area contributed by atoms with Gasteiger partial charge in [0.2, 0.25) is 0 Å². The minimum absolute atomic E-state index is 0.288. The van der Waals surface area contributed by atoms with Crippen LogP contribution in [-0.4, -0.2) is 16.9 Å². The monoisotopic (exact) mass is 204 g/mol. The summed E-state index contributed by atoms with van der Waals surface area (Å²) in [5.74, 6) is -1.41. The Morgan fingerprint density at radius 1 is 1.07 bits per heavy atom. The van der Waals surface area contributed by atoms with Crippen LogP contribution in [0.25, 0.3) is 0 Å². The molecule has 1 aromatic rings. The van der Waals surface area contributed by atoms with Crippen LogP contribution < -0.4 is 0 Å². The Hall–Kier alpha value is -1.90. The Labute approximate surface area is 88.0 Å². The van der Waals surface area contributed by atoms with Crippen molar-refractivity contribution in [1.82, 2.24) is 0 Å². The second kappa shape index (κ2) is 4.55. The molecule has 0 atom stereocenters. The lowest BCUT2D eigenvalue weighted by Gasteiger charge is -2.00. The van der Waals surface area contributed by atoms with E-state index in [0.29, 0.717) is 5.56 Å². The third kappa shape index (κ3) is 3.38. The van der Waals surface area contributed by atoms with Crippen molar-refractivity contribution >= 4 is 11.8 Å². The van der Waals surface area contributed by atoms with Gasteiger partial charge in [-0.2, -0.15) is 0 Å². The van der Waals surface area contributed by atoms with Crippen LogP contribution in [0.2, 0.25) is 0 Å². The summed E-state index contributed by atoms with van der Waals surface area (Å²) in [7, 11) is 0. The van der Waals surface area contributed by atoms with Crippen LogP contribution in [0.15, 0.2) is 30.4 Å². The molecule has 0 aliphatic heterocycles. The van der Waals surface area contributed by atoms with Crippen LogP contribution in [0.5, 0.6) is 0 Å². The average Bonchev–Trinajstić information content (AvgIpc) is 2.12. The van der Waals surface area contributed by atoms with E-state index in [4.69, 9.17) is 5.11 Å². The Bertz CT molecular complexity index is 410. The van der Waals surface area contributed by atoms with Crippen LogP contribution in [0.3, 0.4) is 0 Å². The summed E-state index contributed by atoms with van der Waals surface area (Å²) < 4.78 is 0. The van der Waals surface area contributed by atoms with Gasteiger partial charge in [0.1, 0.15) is 0 Å². The fourth-order valence-electron chi connectivity index (χ4n) is 1.36.